The number of hydrogen-bond donors (Lipinski definition) is 0. The number of hydrogen-bond acceptors (Lipinski definition) is 6. The first kappa shape index (κ1) is 23.2. The van der Waals surface area contributed by atoms with Gasteiger partial charge in [-0.05, 0) is 62.4 Å². The second-order valence-corrected chi connectivity index (χ2v) is 8.17. The van der Waals surface area contributed by atoms with Gasteiger partial charge in [-0.15, -0.1) is 0 Å². The third kappa shape index (κ3) is 5.33. The molecule has 176 valence electrons. The lowest BCUT2D eigenvalue weighted by molar-refractivity contribution is -0.132. The van der Waals surface area contributed by atoms with Gasteiger partial charge in [0.1, 0.15) is 12.3 Å². The van der Waals surface area contributed by atoms with Crippen LogP contribution in [-0.4, -0.2) is 58.9 Å². The minimum atomic E-state index is -0.267. The molecule has 0 spiro atoms. The van der Waals surface area contributed by atoms with E-state index in [1.165, 1.54) is 17.0 Å². The normalized spacial score (nSPS) is 13.6. The van der Waals surface area contributed by atoms with Gasteiger partial charge in [-0.1, -0.05) is 0 Å². The summed E-state index contributed by atoms with van der Waals surface area (Å²) in [6.45, 7) is 6.54. The highest BCUT2D eigenvalue weighted by Gasteiger charge is 2.22. The molecule has 0 bridgehead atoms. The minimum Gasteiger partial charge on any atom is -0.494 e. The van der Waals surface area contributed by atoms with Gasteiger partial charge in [0.2, 0.25) is 5.91 Å². The Bertz CT molecular complexity index is 1210. The van der Waals surface area contributed by atoms with Crippen LogP contribution in [0.2, 0.25) is 0 Å². The van der Waals surface area contributed by atoms with Crippen LogP contribution in [-0.2, 0) is 11.3 Å². The van der Waals surface area contributed by atoms with Gasteiger partial charge in [-0.25, -0.2) is 4.98 Å². The zero-order chi connectivity index (χ0) is 24.1. The molecule has 1 aliphatic heterocycles. The van der Waals surface area contributed by atoms with Crippen molar-refractivity contribution in [1.29, 1.82) is 0 Å². The van der Waals surface area contributed by atoms with Crippen molar-refractivity contribution in [3.05, 3.63) is 76.8 Å². The van der Waals surface area contributed by atoms with E-state index in [0.717, 1.165) is 17.0 Å². The number of anilines is 1. The van der Waals surface area contributed by atoms with E-state index in [2.05, 4.69) is 9.88 Å². The topological polar surface area (TPSA) is 84.7 Å². The smallest absolute Gasteiger partial charge is 0.254 e. The highest BCUT2D eigenvalue weighted by molar-refractivity contribution is 5.94. The van der Waals surface area contributed by atoms with Gasteiger partial charge in [0, 0.05) is 49.1 Å². The summed E-state index contributed by atoms with van der Waals surface area (Å²) in [5.41, 5.74) is 2.82. The highest BCUT2D eigenvalue weighted by Crippen LogP contribution is 2.20. The van der Waals surface area contributed by atoms with E-state index in [1.807, 2.05) is 55.5 Å². The molecule has 0 aliphatic carbocycles. The van der Waals surface area contributed by atoms with Crippen molar-refractivity contribution >= 4 is 17.4 Å². The van der Waals surface area contributed by atoms with Crippen LogP contribution < -0.4 is 15.2 Å². The molecule has 0 radical (unpaired) electrons. The SMILES string of the molecule is CCOc1ccc(-c2cc(=O)n(CC(=O)N3CCN(c4ccc(C(C)=O)cc4)CC3)cn2)cc1. The van der Waals surface area contributed by atoms with Crippen molar-refractivity contribution in [2.75, 3.05) is 37.7 Å². The van der Waals surface area contributed by atoms with Crippen LogP contribution in [0.25, 0.3) is 11.3 Å². The second kappa shape index (κ2) is 10.3. The lowest BCUT2D eigenvalue weighted by atomic mass is 10.1. The number of ether oxygens (including phenoxy) is 1. The summed E-state index contributed by atoms with van der Waals surface area (Å²) in [6, 6.07) is 16.4. The molecule has 3 aromatic rings. The van der Waals surface area contributed by atoms with Gasteiger partial charge in [0.25, 0.3) is 5.56 Å². The van der Waals surface area contributed by atoms with Crippen LogP contribution in [0.3, 0.4) is 0 Å². The molecule has 0 saturated carbocycles. The number of carbonyl (C=O) groups excluding carboxylic acids is 2. The number of Topliss-reactive ketones (excluding diaryl/α,β-unsaturated/α-hetero) is 1. The van der Waals surface area contributed by atoms with Crippen molar-refractivity contribution in [3.63, 3.8) is 0 Å². The second-order valence-electron chi connectivity index (χ2n) is 8.17. The number of aromatic nitrogens is 2. The Morgan fingerprint density at radius 3 is 2.24 bits per heavy atom. The number of carbonyl (C=O) groups is 2. The summed E-state index contributed by atoms with van der Waals surface area (Å²) in [4.78, 5) is 45.2. The van der Waals surface area contributed by atoms with Gasteiger partial charge in [0.05, 0.1) is 18.6 Å². The molecule has 0 unspecified atom stereocenters. The fourth-order valence-electron chi connectivity index (χ4n) is 3.96. The number of nitrogens with zero attached hydrogens (tertiary/aromatic N) is 4. The van der Waals surface area contributed by atoms with E-state index >= 15 is 0 Å². The van der Waals surface area contributed by atoms with E-state index < -0.39 is 0 Å². The number of rotatable bonds is 7. The maximum absolute atomic E-state index is 12.8. The molecule has 4 rings (SSSR count). The van der Waals surface area contributed by atoms with Gasteiger partial charge < -0.3 is 14.5 Å². The molecule has 0 N–H and O–H groups in total. The Morgan fingerprint density at radius 2 is 1.65 bits per heavy atom. The predicted octanol–water partition coefficient (Wildman–Crippen LogP) is 2.86. The van der Waals surface area contributed by atoms with Crippen LogP contribution in [0.4, 0.5) is 5.69 Å². The van der Waals surface area contributed by atoms with Gasteiger partial charge in [-0.2, -0.15) is 0 Å². The van der Waals surface area contributed by atoms with Crippen molar-refractivity contribution < 1.29 is 14.3 Å². The van der Waals surface area contributed by atoms with E-state index in [0.29, 0.717) is 44.0 Å². The summed E-state index contributed by atoms with van der Waals surface area (Å²) < 4.78 is 6.78. The van der Waals surface area contributed by atoms with Gasteiger partial charge in [-0.3, -0.25) is 19.0 Å². The van der Waals surface area contributed by atoms with Crippen molar-refractivity contribution in [1.82, 2.24) is 14.5 Å². The molecule has 0 atom stereocenters. The Hall–Kier alpha value is -3.94. The molecule has 1 fully saturated rings. The van der Waals surface area contributed by atoms with E-state index in [4.69, 9.17) is 4.74 Å². The first-order valence-corrected chi connectivity index (χ1v) is 11.4. The fraction of sp³-hybridized carbons (Fsp3) is 0.308. The van der Waals surface area contributed by atoms with Crippen molar-refractivity contribution in [3.8, 4) is 17.0 Å². The fourth-order valence-corrected chi connectivity index (χ4v) is 3.96. The van der Waals surface area contributed by atoms with Crippen LogP contribution in [0.15, 0.2) is 65.7 Å². The molecule has 2 aromatic carbocycles. The molecule has 1 aromatic heterocycles. The zero-order valence-corrected chi connectivity index (χ0v) is 19.4. The lowest BCUT2D eigenvalue weighted by Crippen LogP contribution is -2.50. The Labute approximate surface area is 198 Å². The molecule has 8 heteroatoms. The predicted molar refractivity (Wildman–Crippen MR) is 130 cm³/mol. The molecular weight excluding hydrogens is 432 g/mol. The Morgan fingerprint density at radius 1 is 0.971 bits per heavy atom. The first-order chi connectivity index (χ1) is 16.4. The van der Waals surface area contributed by atoms with E-state index in [1.54, 1.807) is 11.8 Å². The van der Waals surface area contributed by atoms with Crippen LogP contribution >= 0.6 is 0 Å². The molecular formula is C26H28N4O4. The van der Waals surface area contributed by atoms with Crippen LogP contribution in [0.5, 0.6) is 5.75 Å². The van der Waals surface area contributed by atoms with E-state index in [9.17, 15) is 14.4 Å². The average Bonchev–Trinajstić information content (AvgIpc) is 2.86. The maximum Gasteiger partial charge on any atom is 0.254 e. The average molecular weight is 461 g/mol. The number of amides is 1. The molecule has 1 saturated heterocycles. The van der Waals surface area contributed by atoms with Crippen LogP contribution in [0.1, 0.15) is 24.2 Å². The molecule has 2 heterocycles. The van der Waals surface area contributed by atoms with Crippen molar-refractivity contribution in [2.24, 2.45) is 0 Å². The summed E-state index contributed by atoms with van der Waals surface area (Å²) in [6.07, 6.45) is 1.43. The summed E-state index contributed by atoms with van der Waals surface area (Å²) in [5, 5.41) is 0. The standard InChI is InChI=1S/C26H28N4O4/c1-3-34-23-10-6-21(7-11-23)24-16-25(32)30(18-27-24)17-26(33)29-14-12-28(13-15-29)22-8-4-20(5-9-22)19(2)31/h4-11,16,18H,3,12-15,17H2,1-2H3. The molecule has 1 aliphatic rings. The lowest BCUT2D eigenvalue weighted by Gasteiger charge is -2.36. The molecule has 34 heavy (non-hydrogen) atoms. The van der Waals surface area contributed by atoms with Gasteiger partial charge >= 0.3 is 0 Å². The summed E-state index contributed by atoms with van der Waals surface area (Å²) in [7, 11) is 0. The number of ketones is 1. The monoisotopic (exact) mass is 460 g/mol. The third-order valence-electron chi connectivity index (χ3n) is 5.92. The number of piperazine rings is 1. The molecule has 8 nitrogen and oxygen atoms in total. The van der Waals surface area contributed by atoms with Crippen molar-refractivity contribution in [2.45, 2.75) is 20.4 Å². The van der Waals surface area contributed by atoms with Crippen LogP contribution in [0, 0.1) is 0 Å². The minimum absolute atomic E-state index is 0.0390. The van der Waals surface area contributed by atoms with Gasteiger partial charge in [0.15, 0.2) is 5.78 Å². The molecule has 1 amide bonds. The zero-order valence-electron chi connectivity index (χ0n) is 19.4. The third-order valence-corrected chi connectivity index (χ3v) is 5.92. The maximum atomic E-state index is 12.8. The Kier molecular flexibility index (Phi) is 7.06. The number of benzene rings is 2. The first-order valence-electron chi connectivity index (χ1n) is 11.4. The van der Waals surface area contributed by atoms with E-state index in [-0.39, 0.29) is 23.8 Å². The summed E-state index contributed by atoms with van der Waals surface area (Å²) in [5.74, 6) is 0.696. The summed E-state index contributed by atoms with van der Waals surface area (Å²) >= 11 is 0. The highest BCUT2D eigenvalue weighted by atomic mass is 16.5. The quantitative estimate of drug-likeness (QED) is 0.504. The largest absolute Gasteiger partial charge is 0.494 e. The Balaban J connectivity index is 1.35.